The first kappa shape index (κ1) is 21.3. The fraction of sp³-hybridized carbons (Fsp3) is 0.500. The number of hydrogen-bond donors (Lipinski definition) is 2. The molecule has 4 fully saturated rings. The molecular formula is C26H35N5O. The highest BCUT2D eigenvalue weighted by Crippen LogP contribution is 2.36. The lowest BCUT2D eigenvalue weighted by Crippen LogP contribution is -2.59. The van der Waals surface area contributed by atoms with Gasteiger partial charge in [0.15, 0.2) is 0 Å². The number of hydrogen-bond acceptors (Lipinski definition) is 4. The first-order chi connectivity index (χ1) is 15.7. The Morgan fingerprint density at radius 3 is 2.31 bits per heavy atom. The maximum absolute atomic E-state index is 12.3. The topological polar surface area (TPSA) is 50.9 Å². The fourth-order valence-electron chi connectivity index (χ4n) is 5.74. The second kappa shape index (κ2) is 9.92. The summed E-state index contributed by atoms with van der Waals surface area (Å²) >= 11 is 0. The van der Waals surface area contributed by atoms with Crippen LogP contribution >= 0.6 is 0 Å². The summed E-state index contributed by atoms with van der Waals surface area (Å²) in [5.41, 5.74) is 2.18. The van der Waals surface area contributed by atoms with Crippen LogP contribution in [0.4, 0.5) is 16.2 Å². The molecule has 0 aliphatic carbocycles. The Bertz CT molecular complexity index is 868. The highest BCUT2D eigenvalue weighted by atomic mass is 16.2. The zero-order valence-electron chi connectivity index (χ0n) is 18.8. The van der Waals surface area contributed by atoms with E-state index in [-0.39, 0.29) is 6.03 Å². The Hall–Kier alpha value is -2.57. The Labute approximate surface area is 191 Å². The highest BCUT2D eigenvalue weighted by Gasteiger charge is 2.40. The van der Waals surface area contributed by atoms with Gasteiger partial charge in [-0.05, 0) is 55.5 Å². The van der Waals surface area contributed by atoms with E-state index in [0.29, 0.717) is 6.04 Å². The van der Waals surface area contributed by atoms with Crippen molar-refractivity contribution in [3.05, 3.63) is 60.7 Å². The predicted molar refractivity (Wildman–Crippen MR) is 130 cm³/mol. The molecule has 2 amide bonds. The summed E-state index contributed by atoms with van der Waals surface area (Å²) in [5, 5.41) is 6.02. The van der Waals surface area contributed by atoms with E-state index in [1.165, 1.54) is 38.2 Å². The van der Waals surface area contributed by atoms with Crippen molar-refractivity contribution in [2.24, 2.45) is 11.8 Å². The summed E-state index contributed by atoms with van der Waals surface area (Å²) in [6.07, 6.45) is 2.52. The predicted octanol–water partition coefficient (Wildman–Crippen LogP) is 3.34. The number of piperazine rings is 1. The third-order valence-electron chi connectivity index (χ3n) is 7.53. The molecule has 4 aliphatic heterocycles. The van der Waals surface area contributed by atoms with Crippen LogP contribution in [0, 0.1) is 11.8 Å². The number of benzene rings is 2. The summed E-state index contributed by atoms with van der Waals surface area (Å²) in [5.74, 6) is 1.55. The molecule has 0 radical (unpaired) electrons. The van der Waals surface area contributed by atoms with E-state index in [1.807, 2.05) is 30.3 Å². The van der Waals surface area contributed by atoms with Crippen molar-refractivity contribution in [1.29, 1.82) is 0 Å². The summed E-state index contributed by atoms with van der Waals surface area (Å²) in [7, 11) is 0. The Morgan fingerprint density at radius 1 is 0.906 bits per heavy atom. The number of carbonyl (C=O) groups excluding carboxylic acids is 1. The molecule has 6 heteroatoms. The van der Waals surface area contributed by atoms with Crippen molar-refractivity contribution in [2.45, 2.75) is 18.9 Å². The number of nitrogens with one attached hydrogen (secondary N) is 2. The molecule has 0 spiro atoms. The van der Waals surface area contributed by atoms with Crippen LogP contribution in [0.5, 0.6) is 0 Å². The molecule has 2 bridgehead atoms. The molecule has 6 rings (SSSR count). The zero-order valence-corrected chi connectivity index (χ0v) is 18.8. The lowest BCUT2D eigenvalue weighted by Gasteiger charge is -2.51. The van der Waals surface area contributed by atoms with E-state index in [4.69, 9.17) is 0 Å². The van der Waals surface area contributed by atoms with E-state index in [9.17, 15) is 4.79 Å². The van der Waals surface area contributed by atoms with E-state index in [0.717, 1.165) is 50.2 Å². The summed E-state index contributed by atoms with van der Waals surface area (Å²) in [6.45, 7) is 8.86. The van der Waals surface area contributed by atoms with Crippen molar-refractivity contribution in [2.75, 3.05) is 62.6 Å². The van der Waals surface area contributed by atoms with Crippen LogP contribution in [-0.4, -0.2) is 74.2 Å². The lowest BCUT2D eigenvalue weighted by atomic mass is 9.75. The molecule has 0 aromatic heterocycles. The van der Waals surface area contributed by atoms with Gasteiger partial charge in [0.1, 0.15) is 0 Å². The van der Waals surface area contributed by atoms with Gasteiger partial charge < -0.3 is 15.5 Å². The van der Waals surface area contributed by atoms with Crippen LogP contribution in [0.3, 0.4) is 0 Å². The van der Waals surface area contributed by atoms with Gasteiger partial charge in [-0.3, -0.25) is 9.80 Å². The van der Waals surface area contributed by atoms with Crippen LogP contribution in [0.25, 0.3) is 0 Å². The molecular weight excluding hydrogens is 398 g/mol. The maximum Gasteiger partial charge on any atom is 0.319 e. The van der Waals surface area contributed by atoms with Gasteiger partial charge in [0, 0.05) is 63.2 Å². The molecule has 0 saturated carbocycles. The van der Waals surface area contributed by atoms with Gasteiger partial charge in [-0.1, -0.05) is 36.4 Å². The van der Waals surface area contributed by atoms with Gasteiger partial charge in [-0.2, -0.15) is 0 Å². The molecule has 1 unspecified atom stereocenters. The highest BCUT2D eigenvalue weighted by molar-refractivity contribution is 5.89. The summed E-state index contributed by atoms with van der Waals surface area (Å²) < 4.78 is 0. The molecule has 4 aliphatic rings. The van der Waals surface area contributed by atoms with Gasteiger partial charge in [-0.25, -0.2) is 4.79 Å². The van der Waals surface area contributed by atoms with Crippen molar-refractivity contribution >= 4 is 17.4 Å². The van der Waals surface area contributed by atoms with E-state index in [1.54, 1.807) is 0 Å². The SMILES string of the molecule is O=C(NC[C@H]1C[C@H]2CCN1C[C@@H]2CN1CCN(c2ccccc2)CC1)Nc1ccccc1. The molecule has 2 N–H and O–H groups in total. The van der Waals surface area contributed by atoms with Crippen LogP contribution in [0.15, 0.2) is 60.7 Å². The third kappa shape index (κ3) is 5.08. The zero-order chi connectivity index (χ0) is 21.8. The Morgan fingerprint density at radius 2 is 1.62 bits per heavy atom. The van der Waals surface area contributed by atoms with Crippen molar-refractivity contribution in [3.8, 4) is 0 Å². The monoisotopic (exact) mass is 433 g/mol. The molecule has 170 valence electrons. The van der Waals surface area contributed by atoms with E-state index in [2.05, 4.69) is 55.7 Å². The molecule has 6 nitrogen and oxygen atoms in total. The first-order valence-corrected chi connectivity index (χ1v) is 12.1. The molecule has 2 aromatic rings. The summed E-state index contributed by atoms with van der Waals surface area (Å²) in [6, 6.07) is 20.8. The van der Waals surface area contributed by atoms with E-state index < -0.39 is 0 Å². The lowest BCUT2D eigenvalue weighted by molar-refractivity contribution is -0.0114. The van der Waals surface area contributed by atoms with Crippen LogP contribution in [0.1, 0.15) is 12.8 Å². The van der Waals surface area contributed by atoms with Gasteiger partial charge in [0.05, 0.1) is 0 Å². The molecule has 4 saturated heterocycles. The third-order valence-corrected chi connectivity index (χ3v) is 7.53. The van der Waals surface area contributed by atoms with Crippen LogP contribution in [-0.2, 0) is 0 Å². The first-order valence-electron chi connectivity index (χ1n) is 12.1. The van der Waals surface area contributed by atoms with E-state index >= 15 is 0 Å². The number of fused-ring (bicyclic) bond motifs is 3. The van der Waals surface area contributed by atoms with Gasteiger partial charge in [0.25, 0.3) is 0 Å². The smallest absolute Gasteiger partial charge is 0.319 e. The average molecular weight is 434 g/mol. The molecule has 32 heavy (non-hydrogen) atoms. The number of rotatable bonds is 6. The standard InChI is InChI=1S/C26H35N5O/c32-26(28-23-7-3-1-4-8-23)27-18-25-17-21-11-12-31(25)20-22(21)19-29-13-15-30(16-14-29)24-9-5-2-6-10-24/h1-10,21-22,25H,11-20H2,(H2,27,28,32)/t21-,22+,25-/m1/s1. The van der Waals surface area contributed by atoms with Crippen molar-refractivity contribution < 1.29 is 4.79 Å². The largest absolute Gasteiger partial charge is 0.369 e. The number of urea groups is 1. The number of amides is 2. The minimum absolute atomic E-state index is 0.105. The Balaban J connectivity index is 1.06. The minimum Gasteiger partial charge on any atom is -0.369 e. The second-order valence-corrected chi connectivity index (χ2v) is 9.52. The van der Waals surface area contributed by atoms with Crippen LogP contribution < -0.4 is 15.5 Å². The maximum atomic E-state index is 12.3. The Kier molecular flexibility index (Phi) is 6.60. The molecule has 4 atom stereocenters. The van der Waals surface area contributed by atoms with Gasteiger partial charge in [0.2, 0.25) is 0 Å². The number of anilines is 2. The quantitative estimate of drug-likeness (QED) is 0.734. The van der Waals surface area contributed by atoms with Crippen molar-refractivity contribution in [3.63, 3.8) is 0 Å². The number of carbonyl (C=O) groups is 1. The molecule has 2 aromatic carbocycles. The van der Waals surface area contributed by atoms with Gasteiger partial charge >= 0.3 is 6.03 Å². The average Bonchev–Trinajstić information content (AvgIpc) is 2.85. The number of nitrogens with zero attached hydrogens (tertiary/aromatic N) is 3. The summed E-state index contributed by atoms with van der Waals surface area (Å²) in [4.78, 5) is 20.1. The minimum atomic E-state index is -0.105. The normalized spacial score (nSPS) is 27.8. The fourth-order valence-corrected chi connectivity index (χ4v) is 5.74. The second-order valence-electron chi connectivity index (χ2n) is 9.52. The molecule has 4 heterocycles. The van der Waals surface area contributed by atoms with Crippen LogP contribution in [0.2, 0.25) is 0 Å². The van der Waals surface area contributed by atoms with Gasteiger partial charge in [-0.15, -0.1) is 0 Å². The number of piperidine rings is 3. The van der Waals surface area contributed by atoms with Crippen molar-refractivity contribution in [1.82, 2.24) is 15.1 Å². The number of para-hydroxylation sites is 2.